The van der Waals surface area contributed by atoms with Crippen molar-refractivity contribution >= 4 is 15.7 Å². The SMILES string of the molecule is COC(CN(c1ccccc1)S(=O)(=O)c1ccc(F)cc1)C1CCOC1. The molecule has 0 radical (unpaired) electrons. The monoisotopic (exact) mass is 379 g/mol. The van der Waals surface area contributed by atoms with Gasteiger partial charge >= 0.3 is 0 Å². The van der Waals surface area contributed by atoms with Crippen LogP contribution < -0.4 is 4.31 Å². The molecule has 7 heteroatoms. The molecule has 0 N–H and O–H groups in total. The van der Waals surface area contributed by atoms with Crippen LogP contribution in [0.5, 0.6) is 0 Å². The summed E-state index contributed by atoms with van der Waals surface area (Å²) in [7, 11) is -2.28. The Bertz CT molecular complexity index is 805. The van der Waals surface area contributed by atoms with E-state index in [2.05, 4.69) is 0 Å². The van der Waals surface area contributed by atoms with Crippen LogP contribution in [0.15, 0.2) is 59.5 Å². The first-order valence-corrected chi connectivity index (χ1v) is 9.90. The highest BCUT2D eigenvalue weighted by Gasteiger charge is 2.32. The molecule has 2 aromatic rings. The Balaban J connectivity index is 1.96. The third-order valence-electron chi connectivity index (χ3n) is 4.59. The highest BCUT2D eigenvalue weighted by Crippen LogP contribution is 2.27. The van der Waals surface area contributed by atoms with Gasteiger partial charge < -0.3 is 9.47 Å². The van der Waals surface area contributed by atoms with Crippen molar-refractivity contribution in [3.63, 3.8) is 0 Å². The minimum atomic E-state index is -3.86. The van der Waals surface area contributed by atoms with E-state index in [9.17, 15) is 12.8 Å². The maximum absolute atomic E-state index is 13.2. The molecule has 0 saturated carbocycles. The van der Waals surface area contributed by atoms with Crippen molar-refractivity contribution in [2.24, 2.45) is 5.92 Å². The molecule has 1 aliphatic heterocycles. The van der Waals surface area contributed by atoms with Crippen LogP contribution in [0.25, 0.3) is 0 Å². The van der Waals surface area contributed by atoms with Gasteiger partial charge in [0.1, 0.15) is 5.82 Å². The molecule has 2 atom stereocenters. The topological polar surface area (TPSA) is 55.8 Å². The number of hydrogen-bond donors (Lipinski definition) is 0. The number of hydrogen-bond acceptors (Lipinski definition) is 4. The number of sulfonamides is 1. The van der Waals surface area contributed by atoms with E-state index < -0.39 is 15.8 Å². The summed E-state index contributed by atoms with van der Waals surface area (Å²) in [6, 6.07) is 13.7. The lowest BCUT2D eigenvalue weighted by Gasteiger charge is -2.30. The van der Waals surface area contributed by atoms with E-state index in [1.54, 1.807) is 31.4 Å². The summed E-state index contributed by atoms with van der Waals surface area (Å²) < 4.78 is 52.0. The highest BCUT2D eigenvalue weighted by atomic mass is 32.2. The predicted molar refractivity (Wildman–Crippen MR) is 97.1 cm³/mol. The second kappa shape index (κ2) is 8.16. The van der Waals surface area contributed by atoms with Crippen LogP contribution in [-0.4, -0.2) is 41.4 Å². The number of nitrogens with zero attached hydrogens (tertiary/aromatic N) is 1. The van der Waals surface area contributed by atoms with Gasteiger partial charge in [-0.25, -0.2) is 12.8 Å². The molecule has 0 aliphatic carbocycles. The number of benzene rings is 2. The van der Waals surface area contributed by atoms with Crippen LogP contribution in [0.4, 0.5) is 10.1 Å². The van der Waals surface area contributed by atoms with Crippen molar-refractivity contribution in [1.82, 2.24) is 0 Å². The number of ether oxygens (including phenoxy) is 2. The van der Waals surface area contributed by atoms with Crippen molar-refractivity contribution in [3.8, 4) is 0 Å². The Labute approximate surface area is 153 Å². The van der Waals surface area contributed by atoms with E-state index in [0.29, 0.717) is 18.9 Å². The van der Waals surface area contributed by atoms with Gasteiger partial charge in [-0.15, -0.1) is 0 Å². The smallest absolute Gasteiger partial charge is 0.264 e. The van der Waals surface area contributed by atoms with Gasteiger partial charge in [0.25, 0.3) is 10.0 Å². The van der Waals surface area contributed by atoms with Gasteiger partial charge in [-0.1, -0.05) is 18.2 Å². The second-order valence-electron chi connectivity index (χ2n) is 6.22. The number of halogens is 1. The van der Waals surface area contributed by atoms with Crippen molar-refractivity contribution in [2.45, 2.75) is 17.4 Å². The molecule has 2 aromatic carbocycles. The summed E-state index contributed by atoms with van der Waals surface area (Å²) in [4.78, 5) is 0.0419. The van der Waals surface area contributed by atoms with Crippen molar-refractivity contribution < 1.29 is 22.3 Å². The minimum absolute atomic E-state index is 0.0419. The average Bonchev–Trinajstić information content (AvgIpc) is 3.18. The van der Waals surface area contributed by atoms with Crippen LogP contribution in [-0.2, 0) is 19.5 Å². The van der Waals surface area contributed by atoms with Crippen molar-refractivity contribution in [2.75, 3.05) is 31.2 Å². The Morgan fingerprint density at radius 1 is 1.19 bits per heavy atom. The fourth-order valence-electron chi connectivity index (χ4n) is 3.10. The van der Waals surface area contributed by atoms with Crippen LogP contribution in [0.2, 0.25) is 0 Å². The molecule has 1 aliphatic rings. The summed E-state index contributed by atoms with van der Waals surface area (Å²) in [6.45, 7) is 1.37. The Morgan fingerprint density at radius 2 is 1.88 bits per heavy atom. The number of para-hydroxylation sites is 1. The molecule has 1 heterocycles. The quantitative estimate of drug-likeness (QED) is 0.742. The number of anilines is 1. The van der Waals surface area contributed by atoms with Crippen molar-refractivity contribution in [3.05, 3.63) is 60.4 Å². The van der Waals surface area contributed by atoms with Crippen LogP contribution in [0.3, 0.4) is 0 Å². The first kappa shape index (κ1) is 18.8. The maximum atomic E-state index is 13.2. The summed E-state index contributed by atoms with van der Waals surface area (Å²) in [5, 5.41) is 0. The number of rotatable bonds is 7. The molecule has 2 unspecified atom stereocenters. The molecule has 0 spiro atoms. The van der Waals surface area contributed by atoms with Gasteiger partial charge in [0, 0.05) is 19.6 Å². The van der Waals surface area contributed by atoms with E-state index >= 15 is 0 Å². The van der Waals surface area contributed by atoms with Crippen LogP contribution in [0, 0.1) is 11.7 Å². The summed E-state index contributed by atoms with van der Waals surface area (Å²) in [5.74, 6) is -0.345. The zero-order valence-electron chi connectivity index (χ0n) is 14.5. The van der Waals surface area contributed by atoms with Gasteiger partial charge in [0.05, 0.1) is 29.8 Å². The molecule has 3 rings (SSSR count). The highest BCUT2D eigenvalue weighted by molar-refractivity contribution is 7.92. The molecule has 1 saturated heterocycles. The van der Waals surface area contributed by atoms with Gasteiger partial charge in [-0.3, -0.25) is 4.31 Å². The van der Waals surface area contributed by atoms with Crippen molar-refractivity contribution in [1.29, 1.82) is 0 Å². The Kier molecular flexibility index (Phi) is 5.90. The molecule has 0 aromatic heterocycles. The zero-order chi connectivity index (χ0) is 18.6. The van der Waals surface area contributed by atoms with Gasteiger partial charge in [0.15, 0.2) is 0 Å². The molecule has 26 heavy (non-hydrogen) atoms. The predicted octanol–water partition coefficient (Wildman–Crippen LogP) is 3.07. The largest absolute Gasteiger partial charge is 0.381 e. The lowest BCUT2D eigenvalue weighted by atomic mass is 10.0. The van der Waals surface area contributed by atoms with Gasteiger partial charge in [-0.2, -0.15) is 0 Å². The van der Waals surface area contributed by atoms with Crippen LogP contribution >= 0.6 is 0 Å². The average molecular weight is 379 g/mol. The number of methoxy groups -OCH3 is 1. The molecular formula is C19H22FNO4S. The van der Waals surface area contributed by atoms with E-state index in [0.717, 1.165) is 18.6 Å². The lowest BCUT2D eigenvalue weighted by molar-refractivity contribution is 0.0524. The summed E-state index contributed by atoms with van der Waals surface area (Å²) in [5.41, 5.74) is 0.540. The zero-order valence-corrected chi connectivity index (χ0v) is 15.4. The molecule has 0 amide bonds. The van der Waals surface area contributed by atoms with Gasteiger partial charge in [-0.05, 0) is 42.8 Å². The van der Waals surface area contributed by atoms with Crippen LogP contribution in [0.1, 0.15) is 6.42 Å². The third kappa shape index (κ3) is 4.06. The molecular weight excluding hydrogens is 357 g/mol. The summed E-state index contributed by atoms with van der Waals surface area (Å²) in [6.07, 6.45) is 0.533. The fourth-order valence-corrected chi connectivity index (χ4v) is 4.57. The fraction of sp³-hybridized carbons (Fsp3) is 0.368. The Morgan fingerprint density at radius 3 is 2.46 bits per heavy atom. The maximum Gasteiger partial charge on any atom is 0.264 e. The normalized spacial score (nSPS) is 18.6. The van der Waals surface area contributed by atoms with E-state index in [-0.39, 0.29) is 23.5 Å². The minimum Gasteiger partial charge on any atom is -0.381 e. The molecule has 140 valence electrons. The lowest BCUT2D eigenvalue weighted by Crippen LogP contribution is -2.41. The molecule has 5 nitrogen and oxygen atoms in total. The molecule has 0 bridgehead atoms. The Hall–Kier alpha value is -1.96. The molecule has 1 fully saturated rings. The first-order chi connectivity index (χ1) is 12.5. The van der Waals surface area contributed by atoms with E-state index in [1.165, 1.54) is 16.4 Å². The summed E-state index contributed by atoms with van der Waals surface area (Å²) >= 11 is 0. The standard InChI is InChI=1S/C19H22FNO4S/c1-24-19(15-11-12-25-14-15)13-21(17-5-3-2-4-6-17)26(22,23)18-9-7-16(20)8-10-18/h2-10,15,19H,11-14H2,1H3. The van der Waals surface area contributed by atoms with Gasteiger partial charge in [0.2, 0.25) is 0 Å². The van der Waals surface area contributed by atoms with E-state index in [4.69, 9.17) is 9.47 Å². The first-order valence-electron chi connectivity index (χ1n) is 8.46. The second-order valence-corrected chi connectivity index (χ2v) is 8.09. The van der Waals surface area contributed by atoms with E-state index in [1.807, 2.05) is 6.07 Å². The third-order valence-corrected chi connectivity index (χ3v) is 6.39.